The van der Waals surface area contributed by atoms with Crippen LogP contribution < -0.4 is 0 Å². The fourth-order valence-electron chi connectivity index (χ4n) is 3.99. The normalized spacial score (nSPS) is 29.5. The minimum atomic E-state index is 0.0937. The van der Waals surface area contributed by atoms with E-state index >= 15 is 0 Å². The first-order valence-corrected chi connectivity index (χ1v) is 8.26. The molecule has 4 nitrogen and oxygen atoms in total. The van der Waals surface area contributed by atoms with Crippen molar-refractivity contribution in [1.29, 1.82) is 0 Å². The zero-order valence-electron chi connectivity index (χ0n) is 14.3. The molecule has 120 valence electrons. The second-order valence-electron chi connectivity index (χ2n) is 7.71. The summed E-state index contributed by atoms with van der Waals surface area (Å²) in [5.41, 5.74) is 2.57. The Kier molecular flexibility index (Phi) is 3.66. The number of aromatic nitrogens is 2. The molecule has 3 atom stereocenters. The highest BCUT2D eigenvalue weighted by Crippen LogP contribution is 2.60. The quantitative estimate of drug-likeness (QED) is 0.803. The molecule has 0 N–H and O–H groups in total. The van der Waals surface area contributed by atoms with E-state index in [2.05, 4.69) is 43.8 Å². The van der Waals surface area contributed by atoms with Gasteiger partial charge < -0.3 is 4.90 Å². The van der Waals surface area contributed by atoms with Gasteiger partial charge in [0.25, 0.3) is 0 Å². The Bertz CT molecular complexity index is 610. The monoisotopic (exact) mass is 301 g/mol. The highest BCUT2D eigenvalue weighted by molar-refractivity contribution is 5.84. The molecule has 2 aliphatic rings. The van der Waals surface area contributed by atoms with Crippen LogP contribution in [-0.2, 0) is 11.8 Å². The molecular weight excluding hydrogens is 274 g/mol. The molecule has 2 fully saturated rings. The van der Waals surface area contributed by atoms with E-state index in [1.165, 1.54) is 11.1 Å². The molecule has 4 heteroatoms. The third-order valence-corrected chi connectivity index (χ3v) is 5.34. The van der Waals surface area contributed by atoms with Gasteiger partial charge in [0.2, 0.25) is 5.91 Å². The average Bonchev–Trinajstić information content (AvgIpc) is 2.85. The van der Waals surface area contributed by atoms with Crippen LogP contribution in [0.2, 0.25) is 0 Å². The number of nitrogens with zero attached hydrogens (tertiary/aromatic N) is 3. The third-order valence-electron chi connectivity index (χ3n) is 5.34. The van der Waals surface area contributed by atoms with Crippen LogP contribution in [0.5, 0.6) is 0 Å². The first-order valence-electron chi connectivity index (χ1n) is 8.26. The lowest BCUT2D eigenvalue weighted by Crippen LogP contribution is -2.33. The summed E-state index contributed by atoms with van der Waals surface area (Å²) in [7, 11) is 1.93. The van der Waals surface area contributed by atoms with Crippen molar-refractivity contribution in [3.63, 3.8) is 0 Å². The van der Waals surface area contributed by atoms with Crippen LogP contribution in [0.3, 0.4) is 0 Å². The summed E-state index contributed by atoms with van der Waals surface area (Å²) in [6.45, 7) is 9.55. The lowest BCUT2D eigenvalue weighted by Gasteiger charge is -2.24. The molecular formula is C18H27N3O. The number of aryl methyl sites for hydroxylation is 1. The lowest BCUT2D eigenvalue weighted by atomic mass is 10.1. The molecule has 1 aliphatic heterocycles. The van der Waals surface area contributed by atoms with Crippen molar-refractivity contribution < 1.29 is 4.79 Å². The minimum Gasteiger partial charge on any atom is -0.335 e. The predicted octanol–water partition coefficient (Wildman–Crippen LogP) is 3.32. The van der Waals surface area contributed by atoms with Crippen LogP contribution in [0.1, 0.15) is 52.1 Å². The number of hydrogen-bond acceptors (Lipinski definition) is 2. The van der Waals surface area contributed by atoms with E-state index in [0.29, 0.717) is 11.8 Å². The second-order valence-corrected chi connectivity index (χ2v) is 7.71. The molecule has 0 radical (unpaired) electrons. The summed E-state index contributed by atoms with van der Waals surface area (Å²) in [6, 6.07) is 0.213. The first-order chi connectivity index (χ1) is 10.3. The van der Waals surface area contributed by atoms with E-state index < -0.39 is 0 Å². The molecule has 1 aliphatic carbocycles. The molecule has 2 heterocycles. The molecule has 3 unspecified atom stereocenters. The van der Waals surface area contributed by atoms with Crippen molar-refractivity contribution in [2.45, 2.75) is 46.6 Å². The van der Waals surface area contributed by atoms with Gasteiger partial charge in [-0.3, -0.25) is 9.48 Å². The number of rotatable bonds is 3. The van der Waals surface area contributed by atoms with Gasteiger partial charge in [0, 0.05) is 25.4 Å². The van der Waals surface area contributed by atoms with E-state index in [1.54, 1.807) is 0 Å². The van der Waals surface area contributed by atoms with Crippen molar-refractivity contribution in [3.8, 4) is 0 Å². The summed E-state index contributed by atoms with van der Waals surface area (Å²) in [4.78, 5) is 15.2. The Balaban J connectivity index is 1.79. The second kappa shape index (κ2) is 5.25. The van der Waals surface area contributed by atoms with Gasteiger partial charge in [-0.25, -0.2) is 0 Å². The lowest BCUT2D eigenvalue weighted by molar-refractivity contribution is -0.134. The van der Waals surface area contributed by atoms with E-state index in [-0.39, 0.29) is 17.4 Å². The minimum absolute atomic E-state index is 0.0937. The van der Waals surface area contributed by atoms with Crippen molar-refractivity contribution in [1.82, 2.24) is 14.7 Å². The highest BCUT2D eigenvalue weighted by Gasteiger charge is 2.61. The summed E-state index contributed by atoms with van der Waals surface area (Å²) in [5, 5.41) is 4.27. The van der Waals surface area contributed by atoms with Crippen molar-refractivity contribution in [3.05, 3.63) is 29.6 Å². The zero-order valence-corrected chi connectivity index (χ0v) is 14.3. The number of carbonyl (C=O) groups excluding carboxylic acids is 1. The van der Waals surface area contributed by atoms with Gasteiger partial charge in [0.15, 0.2) is 0 Å². The number of likely N-dealkylation sites (tertiary alicyclic amines) is 1. The van der Waals surface area contributed by atoms with Crippen LogP contribution in [-0.4, -0.2) is 27.1 Å². The molecule has 3 rings (SSSR count). The number of hydrogen-bond donors (Lipinski definition) is 0. The Labute approximate surface area is 133 Å². The fraction of sp³-hybridized carbons (Fsp3) is 0.667. The van der Waals surface area contributed by atoms with E-state index in [1.807, 2.05) is 24.1 Å². The fourth-order valence-corrected chi connectivity index (χ4v) is 3.99. The van der Waals surface area contributed by atoms with Crippen molar-refractivity contribution >= 4 is 5.91 Å². The smallest absolute Gasteiger partial charge is 0.227 e. The van der Waals surface area contributed by atoms with Gasteiger partial charge in [-0.1, -0.05) is 25.5 Å². The SMILES string of the molecule is CC(C)=CC1C(C(=O)N2CCCC2c2cnn(C)c2)C1(C)C. The largest absolute Gasteiger partial charge is 0.335 e. The van der Waals surface area contributed by atoms with Gasteiger partial charge in [-0.15, -0.1) is 0 Å². The maximum atomic E-state index is 13.1. The Morgan fingerprint density at radius 1 is 1.41 bits per heavy atom. The molecule has 0 aromatic carbocycles. The topological polar surface area (TPSA) is 38.1 Å². The van der Waals surface area contributed by atoms with Crippen molar-refractivity contribution in [2.75, 3.05) is 6.54 Å². The number of amides is 1. The summed E-state index contributed by atoms with van der Waals surface area (Å²) < 4.78 is 1.82. The van der Waals surface area contributed by atoms with Gasteiger partial charge in [-0.05, 0) is 38.0 Å². The van der Waals surface area contributed by atoms with Crippen molar-refractivity contribution in [2.24, 2.45) is 24.3 Å². The standard InChI is InChI=1S/C18H27N3O/c1-12(2)9-14-16(18(14,3)4)17(22)21-8-6-7-15(21)13-10-19-20(5)11-13/h9-11,14-16H,6-8H2,1-5H3. The third kappa shape index (κ3) is 2.49. The number of carbonyl (C=O) groups is 1. The Morgan fingerprint density at radius 3 is 2.73 bits per heavy atom. The first kappa shape index (κ1) is 15.3. The molecule has 1 aromatic rings. The number of allylic oxidation sites excluding steroid dienone is 2. The molecule has 1 amide bonds. The van der Waals surface area contributed by atoms with Crippen LogP contribution in [0, 0.1) is 17.3 Å². The molecule has 1 saturated heterocycles. The van der Waals surface area contributed by atoms with Gasteiger partial charge in [-0.2, -0.15) is 5.10 Å². The molecule has 1 aromatic heterocycles. The molecule has 1 saturated carbocycles. The van der Waals surface area contributed by atoms with Gasteiger partial charge in [0.05, 0.1) is 18.2 Å². The Morgan fingerprint density at radius 2 is 2.14 bits per heavy atom. The van der Waals surface area contributed by atoms with E-state index in [0.717, 1.165) is 19.4 Å². The van der Waals surface area contributed by atoms with E-state index in [9.17, 15) is 4.79 Å². The summed E-state index contributed by atoms with van der Waals surface area (Å²) >= 11 is 0. The zero-order chi connectivity index (χ0) is 16.1. The summed E-state index contributed by atoms with van der Waals surface area (Å²) in [5.74, 6) is 0.860. The van der Waals surface area contributed by atoms with Crippen LogP contribution in [0.25, 0.3) is 0 Å². The molecule has 22 heavy (non-hydrogen) atoms. The summed E-state index contributed by atoms with van der Waals surface area (Å²) in [6.07, 6.45) is 8.37. The maximum absolute atomic E-state index is 13.1. The molecule has 0 spiro atoms. The van der Waals surface area contributed by atoms with Crippen LogP contribution in [0.15, 0.2) is 24.0 Å². The Hall–Kier alpha value is -1.58. The highest BCUT2D eigenvalue weighted by atomic mass is 16.2. The van der Waals surface area contributed by atoms with E-state index in [4.69, 9.17) is 0 Å². The molecule has 0 bridgehead atoms. The van der Waals surface area contributed by atoms with Gasteiger partial charge in [0.1, 0.15) is 0 Å². The average molecular weight is 301 g/mol. The maximum Gasteiger partial charge on any atom is 0.227 e. The van der Waals surface area contributed by atoms with Crippen LogP contribution >= 0.6 is 0 Å². The van der Waals surface area contributed by atoms with Crippen LogP contribution in [0.4, 0.5) is 0 Å². The predicted molar refractivity (Wildman–Crippen MR) is 87.1 cm³/mol. The van der Waals surface area contributed by atoms with Gasteiger partial charge >= 0.3 is 0 Å².